The fourth-order valence-corrected chi connectivity index (χ4v) is 4.93. The number of hydrogen-bond acceptors (Lipinski definition) is 2. The zero-order valence-corrected chi connectivity index (χ0v) is 17.4. The zero-order valence-electron chi connectivity index (χ0n) is 17.4. The van der Waals surface area contributed by atoms with E-state index in [1.165, 1.54) is 5.56 Å². The van der Waals surface area contributed by atoms with E-state index in [1.807, 2.05) is 47.2 Å². The van der Waals surface area contributed by atoms with E-state index in [1.54, 1.807) is 0 Å². The SMILES string of the molecule is CC1Cc2ccccc2N1C(=O)C1CCC(C(=O)N(C)Cc2ccccc2)CC1. The van der Waals surface area contributed by atoms with Gasteiger partial charge in [0.15, 0.2) is 0 Å². The van der Waals surface area contributed by atoms with Crippen LogP contribution in [0.3, 0.4) is 0 Å². The van der Waals surface area contributed by atoms with Crippen molar-refractivity contribution in [3.8, 4) is 0 Å². The number of hydrogen-bond donors (Lipinski definition) is 0. The Bertz CT molecular complexity index is 871. The van der Waals surface area contributed by atoms with E-state index < -0.39 is 0 Å². The molecule has 0 aromatic heterocycles. The molecule has 1 saturated carbocycles. The van der Waals surface area contributed by atoms with E-state index in [0.29, 0.717) is 6.54 Å². The molecule has 2 aromatic rings. The first-order valence-electron chi connectivity index (χ1n) is 10.7. The van der Waals surface area contributed by atoms with Gasteiger partial charge in [0.1, 0.15) is 0 Å². The van der Waals surface area contributed by atoms with Crippen LogP contribution in [0, 0.1) is 11.8 Å². The van der Waals surface area contributed by atoms with Crippen molar-refractivity contribution >= 4 is 17.5 Å². The molecule has 1 aliphatic heterocycles. The minimum Gasteiger partial charge on any atom is -0.341 e. The maximum absolute atomic E-state index is 13.3. The van der Waals surface area contributed by atoms with Gasteiger partial charge in [-0.3, -0.25) is 9.59 Å². The van der Waals surface area contributed by atoms with Crippen LogP contribution in [0.2, 0.25) is 0 Å². The average molecular weight is 391 g/mol. The average Bonchev–Trinajstić information content (AvgIpc) is 3.09. The number of amides is 2. The Morgan fingerprint density at radius 1 is 0.931 bits per heavy atom. The third-order valence-corrected chi connectivity index (χ3v) is 6.51. The second-order valence-corrected chi connectivity index (χ2v) is 8.62. The molecule has 4 rings (SSSR count). The van der Waals surface area contributed by atoms with Crippen LogP contribution in [0.15, 0.2) is 54.6 Å². The molecule has 2 aliphatic rings. The van der Waals surface area contributed by atoms with Crippen LogP contribution in [-0.4, -0.2) is 29.8 Å². The summed E-state index contributed by atoms with van der Waals surface area (Å²) in [5.74, 6) is 0.522. The molecular formula is C25H30N2O2. The maximum Gasteiger partial charge on any atom is 0.230 e. The van der Waals surface area contributed by atoms with Crippen LogP contribution < -0.4 is 4.90 Å². The van der Waals surface area contributed by atoms with Gasteiger partial charge in [0.05, 0.1) is 0 Å². The Morgan fingerprint density at radius 3 is 2.28 bits per heavy atom. The maximum atomic E-state index is 13.3. The van der Waals surface area contributed by atoms with Gasteiger partial charge < -0.3 is 9.80 Å². The quantitative estimate of drug-likeness (QED) is 0.775. The summed E-state index contributed by atoms with van der Waals surface area (Å²) in [7, 11) is 1.88. The first-order chi connectivity index (χ1) is 14.0. The molecule has 4 nitrogen and oxygen atoms in total. The molecule has 0 bridgehead atoms. The number of nitrogens with zero attached hydrogens (tertiary/aromatic N) is 2. The molecule has 2 amide bonds. The van der Waals surface area contributed by atoms with Crippen molar-refractivity contribution in [2.45, 2.75) is 51.6 Å². The molecular weight excluding hydrogens is 360 g/mol. The van der Waals surface area contributed by atoms with Gasteiger partial charge >= 0.3 is 0 Å². The van der Waals surface area contributed by atoms with Gasteiger partial charge in [-0.15, -0.1) is 0 Å². The van der Waals surface area contributed by atoms with E-state index in [4.69, 9.17) is 0 Å². The summed E-state index contributed by atoms with van der Waals surface area (Å²) in [5, 5.41) is 0. The van der Waals surface area contributed by atoms with Crippen molar-refractivity contribution < 1.29 is 9.59 Å². The van der Waals surface area contributed by atoms with Gasteiger partial charge in [-0.1, -0.05) is 48.5 Å². The predicted molar refractivity (Wildman–Crippen MR) is 115 cm³/mol. The van der Waals surface area contributed by atoms with Crippen molar-refractivity contribution in [1.29, 1.82) is 0 Å². The molecule has 0 saturated heterocycles. The van der Waals surface area contributed by atoms with Crippen molar-refractivity contribution in [2.75, 3.05) is 11.9 Å². The minimum atomic E-state index is 0.0343. The number of fused-ring (bicyclic) bond motifs is 1. The molecule has 0 N–H and O–H groups in total. The monoisotopic (exact) mass is 390 g/mol. The molecule has 152 valence electrons. The van der Waals surface area contributed by atoms with Crippen molar-refractivity contribution in [3.05, 3.63) is 65.7 Å². The number of carbonyl (C=O) groups excluding carboxylic acids is 2. The van der Waals surface area contributed by atoms with Gasteiger partial charge in [0.25, 0.3) is 0 Å². The summed E-state index contributed by atoms with van der Waals surface area (Å²) in [6.45, 7) is 2.77. The minimum absolute atomic E-state index is 0.0343. The smallest absolute Gasteiger partial charge is 0.230 e. The predicted octanol–water partition coefficient (Wildman–Crippen LogP) is 4.43. The van der Waals surface area contributed by atoms with Gasteiger partial charge in [-0.05, 0) is 56.2 Å². The van der Waals surface area contributed by atoms with Crippen LogP contribution >= 0.6 is 0 Å². The van der Waals surface area contributed by atoms with Crippen LogP contribution in [0.1, 0.15) is 43.7 Å². The number of carbonyl (C=O) groups is 2. The summed E-state index contributed by atoms with van der Waals surface area (Å²) in [6.07, 6.45) is 4.15. The molecule has 1 unspecified atom stereocenters. The first-order valence-corrected chi connectivity index (χ1v) is 10.7. The Hall–Kier alpha value is -2.62. The topological polar surface area (TPSA) is 40.6 Å². The Morgan fingerprint density at radius 2 is 1.55 bits per heavy atom. The fraction of sp³-hybridized carbons (Fsp3) is 0.440. The second kappa shape index (κ2) is 8.40. The summed E-state index contributed by atoms with van der Waals surface area (Å²) < 4.78 is 0. The lowest BCUT2D eigenvalue weighted by Crippen LogP contribution is -2.42. The highest BCUT2D eigenvalue weighted by atomic mass is 16.2. The normalized spacial score (nSPS) is 23.5. The fourth-order valence-electron chi connectivity index (χ4n) is 4.93. The molecule has 4 heteroatoms. The number of para-hydroxylation sites is 1. The number of rotatable bonds is 4. The summed E-state index contributed by atoms with van der Waals surface area (Å²) in [5.41, 5.74) is 3.49. The third-order valence-electron chi connectivity index (χ3n) is 6.51. The van der Waals surface area contributed by atoms with Gasteiger partial charge in [0.2, 0.25) is 11.8 Å². The molecule has 1 atom stereocenters. The Kier molecular flexibility index (Phi) is 5.70. The Labute approximate surface area is 173 Å². The summed E-state index contributed by atoms with van der Waals surface area (Å²) in [4.78, 5) is 30.0. The standard InChI is InChI=1S/C25H30N2O2/c1-18-16-22-10-6-7-11-23(22)27(18)25(29)21-14-12-20(13-15-21)24(28)26(2)17-19-8-4-3-5-9-19/h3-11,18,20-21H,12-17H2,1-2H3. The van der Waals surface area contributed by atoms with Crippen LogP contribution in [0.25, 0.3) is 0 Å². The number of anilines is 1. The molecule has 1 heterocycles. The zero-order chi connectivity index (χ0) is 20.4. The highest BCUT2D eigenvalue weighted by Gasteiger charge is 2.37. The highest BCUT2D eigenvalue weighted by molar-refractivity contribution is 5.97. The lowest BCUT2D eigenvalue weighted by atomic mass is 9.80. The second-order valence-electron chi connectivity index (χ2n) is 8.62. The van der Waals surface area contributed by atoms with E-state index in [0.717, 1.165) is 43.4 Å². The molecule has 1 aliphatic carbocycles. The first kappa shape index (κ1) is 19.7. The van der Waals surface area contributed by atoms with E-state index in [9.17, 15) is 9.59 Å². The third kappa shape index (κ3) is 4.07. The van der Waals surface area contributed by atoms with E-state index in [2.05, 4.69) is 31.2 Å². The molecule has 1 fully saturated rings. The summed E-state index contributed by atoms with van der Waals surface area (Å²) >= 11 is 0. The van der Waals surface area contributed by atoms with Gasteiger partial charge in [0, 0.05) is 37.2 Å². The molecule has 29 heavy (non-hydrogen) atoms. The highest BCUT2D eigenvalue weighted by Crippen LogP contribution is 2.37. The lowest BCUT2D eigenvalue weighted by molar-refractivity contribution is -0.137. The lowest BCUT2D eigenvalue weighted by Gasteiger charge is -2.33. The largest absolute Gasteiger partial charge is 0.341 e. The van der Waals surface area contributed by atoms with Gasteiger partial charge in [-0.25, -0.2) is 0 Å². The van der Waals surface area contributed by atoms with Gasteiger partial charge in [-0.2, -0.15) is 0 Å². The van der Waals surface area contributed by atoms with Crippen LogP contribution in [-0.2, 0) is 22.6 Å². The summed E-state index contributed by atoms with van der Waals surface area (Å²) in [6, 6.07) is 18.5. The van der Waals surface area contributed by atoms with Crippen LogP contribution in [0.4, 0.5) is 5.69 Å². The molecule has 2 aromatic carbocycles. The van der Waals surface area contributed by atoms with E-state index in [-0.39, 0.29) is 29.7 Å². The number of benzene rings is 2. The Balaban J connectivity index is 1.34. The van der Waals surface area contributed by atoms with Crippen molar-refractivity contribution in [2.24, 2.45) is 11.8 Å². The van der Waals surface area contributed by atoms with Crippen molar-refractivity contribution in [3.63, 3.8) is 0 Å². The van der Waals surface area contributed by atoms with E-state index >= 15 is 0 Å². The molecule has 0 spiro atoms. The van der Waals surface area contributed by atoms with Crippen LogP contribution in [0.5, 0.6) is 0 Å². The molecule has 0 radical (unpaired) electrons. The van der Waals surface area contributed by atoms with Crippen molar-refractivity contribution in [1.82, 2.24) is 4.90 Å².